The Labute approximate surface area is 227 Å². The van der Waals surface area contributed by atoms with Crippen LogP contribution in [-0.4, -0.2) is 75.4 Å². The zero-order chi connectivity index (χ0) is 27.8. The molecule has 0 radical (unpaired) electrons. The van der Waals surface area contributed by atoms with Crippen molar-refractivity contribution in [1.29, 1.82) is 0 Å². The van der Waals surface area contributed by atoms with Crippen LogP contribution in [0.4, 0.5) is 5.69 Å². The Bertz CT molecular complexity index is 1210. The van der Waals surface area contributed by atoms with Crippen LogP contribution in [-0.2, 0) is 14.4 Å². The number of imide groups is 1. The van der Waals surface area contributed by atoms with Gasteiger partial charge in [0.15, 0.2) is 0 Å². The molecule has 206 valence electrons. The van der Waals surface area contributed by atoms with E-state index in [0.717, 1.165) is 55.9 Å². The van der Waals surface area contributed by atoms with E-state index in [9.17, 15) is 24.0 Å². The number of carbonyl (C=O) groups is 5. The number of nitrogens with two attached hydrogens (primary N) is 1. The molecule has 0 aliphatic carbocycles. The lowest BCUT2D eigenvalue weighted by atomic mass is 9.95. The van der Waals surface area contributed by atoms with Gasteiger partial charge >= 0.3 is 0 Å². The first-order chi connectivity index (χ1) is 18.9. The minimum atomic E-state index is -1.16. The normalized spacial score (nSPS) is 16.2. The molecular formula is C28H34N6O5. The largest absolute Gasteiger partial charge is 0.385 e. The van der Waals surface area contributed by atoms with Crippen LogP contribution in [0.15, 0.2) is 36.7 Å². The second-order valence-electron chi connectivity index (χ2n) is 9.90. The van der Waals surface area contributed by atoms with Crippen LogP contribution in [0.25, 0.3) is 0 Å². The number of benzene rings is 1. The molecule has 2 aliphatic rings. The molecule has 3 heterocycles. The second-order valence-corrected chi connectivity index (χ2v) is 9.90. The van der Waals surface area contributed by atoms with Gasteiger partial charge in [-0.3, -0.25) is 24.1 Å². The standard InChI is InChI=1S/C28H34N6O5/c29-25(37)23(6-4-17-35)34-27(38)21-9-8-20(18-22(21)28(34)39)30-12-3-1-2-7-24(36)33-15-10-19(11-16-33)26-31-13-5-14-32-26/h5,8-9,13-14,17-19,23,30H,1-4,6-7,10-12,15-16H2,(H2,29,37). The minimum absolute atomic E-state index is 0.00115. The molecule has 1 unspecified atom stereocenters. The number of aromatic nitrogens is 2. The molecule has 0 bridgehead atoms. The Kier molecular flexibility index (Phi) is 9.35. The molecule has 4 rings (SSSR count). The van der Waals surface area contributed by atoms with Crippen molar-refractivity contribution in [2.24, 2.45) is 5.73 Å². The topological polar surface area (TPSA) is 156 Å². The van der Waals surface area contributed by atoms with E-state index in [2.05, 4.69) is 15.3 Å². The van der Waals surface area contributed by atoms with Gasteiger partial charge in [-0.05, 0) is 56.4 Å². The van der Waals surface area contributed by atoms with E-state index < -0.39 is 23.8 Å². The average molecular weight is 535 g/mol. The Morgan fingerprint density at radius 3 is 2.46 bits per heavy atom. The monoisotopic (exact) mass is 534 g/mol. The number of piperidine rings is 1. The lowest BCUT2D eigenvalue weighted by Crippen LogP contribution is -2.47. The summed E-state index contributed by atoms with van der Waals surface area (Å²) in [5, 5.41) is 3.26. The highest BCUT2D eigenvalue weighted by molar-refractivity contribution is 6.23. The third-order valence-corrected chi connectivity index (χ3v) is 7.31. The highest BCUT2D eigenvalue weighted by atomic mass is 16.2. The highest BCUT2D eigenvalue weighted by Crippen LogP contribution is 2.29. The lowest BCUT2D eigenvalue weighted by Gasteiger charge is -2.31. The molecule has 39 heavy (non-hydrogen) atoms. The van der Waals surface area contributed by atoms with Gasteiger partial charge in [-0.1, -0.05) is 6.42 Å². The van der Waals surface area contributed by atoms with Crippen molar-refractivity contribution in [2.45, 2.75) is 63.3 Å². The molecule has 1 aromatic carbocycles. The molecule has 1 aromatic heterocycles. The van der Waals surface area contributed by atoms with E-state index in [1.54, 1.807) is 30.6 Å². The van der Waals surface area contributed by atoms with Gasteiger partial charge in [-0.15, -0.1) is 0 Å². The van der Waals surface area contributed by atoms with Crippen molar-refractivity contribution in [3.05, 3.63) is 53.6 Å². The molecule has 0 spiro atoms. The third kappa shape index (κ3) is 6.65. The number of fused-ring (bicyclic) bond motifs is 1. The maximum atomic E-state index is 12.9. The van der Waals surface area contributed by atoms with Crippen molar-refractivity contribution in [2.75, 3.05) is 25.0 Å². The SMILES string of the molecule is NC(=O)C(CCC=O)N1C(=O)c2ccc(NCCCCCC(=O)N3CCC(c4ncccn4)CC3)cc2C1=O. The molecule has 1 fully saturated rings. The van der Waals surface area contributed by atoms with Crippen LogP contribution in [0, 0.1) is 0 Å². The number of nitrogens with one attached hydrogen (secondary N) is 1. The summed E-state index contributed by atoms with van der Waals surface area (Å²) >= 11 is 0. The summed E-state index contributed by atoms with van der Waals surface area (Å²) in [6.07, 6.45) is 8.94. The lowest BCUT2D eigenvalue weighted by molar-refractivity contribution is -0.132. The number of amides is 4. The second kappa shape index (κ2) is 13.1. The molecule has 11 nitrogen and oxygen atoms in total. The fourth-order valence-electron chi connectivity index (χ4n) is 5.15. The van der Waals surface area contributed by atoms with Crippen molar-refractivity contribution >= 4 is 35.6 Å². The summed E-state index contributed by atoms with van der Waals surface area (Å²) in [6, 6.07) is 5.52. The molecule has 2 aromatic rings. The molecule has 1 atom stereocenters. The van der Waals surface area contributed by atoms with Crippen LogP contribution < -0.4 is 11.1 Å². The number of primary amides is 1. The first-order valence-corrected chi connectivity index (χ1v) is 13.4. The smallest absolute Gasteiger partial charge is 0.262 e. The van der Waals surface area contributed by atoms with Crippen LogP contribution in [0.3, 0.4) is 0 Å². The van der Waals surface area contributed by atoms with Crippen molar-refractivity contribution in [1.82, 2.24) is 19.8 Å². The molecule has 11 heteroatoms. The third-order valence-electron chi connectivity index (χ3n) is 7.31. The quantitative estimate of drug-likeness (QED) is 0.225. The molecule has 3 N–H and O–H groups in total. The summed E-state index contributed by atoms with van der Waals surface area (Å²) in [5.41, 5.74) is 6.50. The van der Waals surface area contributed by atoms with Crippen LogP contribution in [0.2, 0.25) is 0 Å². The van der Waals surface area contributed by atoms with E-state index in [0.29, 0.717) is 30.9 Å². The van der Waals surface area contributed by atoms with Crippen LogP contribution in [0.1, 0.15) is 83.8 Å². The first-order valence-electron chi connectivity index (χ1n) is 13.4. The fourth-order valence-corrected chi connectivity index (χ4v) is 5.15. The van der Waals surface area contributed by atoms with Gasteiger partial charge in [0.2, 0.25) is 11.8 Å². The number of carbonyl (C=O) groups excluding carboxylic acids is 5. The maximum Gasteiger partial charge on any atom is 0.262 e. The zero-order valence-corrected chi connectivity index (χ0v) is 21.9. The summed E-state index contributed by atoms with van der Waals surface area (Å²) < 4.78 is 0. The summed E-state index contributed by atoms with van der Waals surface area (Å²) in [4.78, 5) is 72.3. The summed E-state index contributed by atoms with van der Waals surface area (Å²) in [6.45, 7) is 2.11. The predicted octanol–water partition coefficient (Wildman–Crippen LogP) is 2.28. The van der Waals surface area contributed by atoms with E-state index in [-0.39, 0.29) is 29.9 Å². The predicted molar refractivity (Wildman–Crippen MR) is 143 cm³/mol. The first kappa shape index (κ1) is 27.9. The number of likely N-dealkylation sites (tertiary alicyclic amines) is 1. The maximum absolute atomic E-state index is 12.9. The van der Waals surface area contributed by atoms with Crippen molar-refractivity contribution in [3.8, 4) is 0 Å². The molecule has 1 saturated heterocycles. The number of hydrogen-bond donors (Lipinski definition) is 2. The number of unbranched alkanes of at least 4 members (excludes halogenated alkanes) is 2. The Hall–Kier alpha value is -4.15. The van der Waals surface area contributed by atoms with Gasteiger partial charge < -0.3 is 20.7 Å². The fraction of sp³-hybridized carbons (Fsp3) is 0.464. The van der Waals surface area contributed by atoms with E-state index >= 15 is 0 Å². The van der Waals surface area contributed by atoms with E-state index in [4.69, 9.17) is 5.73 Å². The van der Waals surface area contributed by atoms with Crippen LogP contribution in [0.5, 0.6) is 0 Å². The van der Waals surface area contributed by atoms with E-state index in [1.807, 2.05) is 11.0 Å². The number of anilines is 1. The highest BCUT2D eigenvalue weighted by Gasteiger charge is 2.42. The number of nitrogens with zero attached hydrogens (tertiary/aromatic N) is 4. The zero-order valence-electron chi connectivity index (χ0n) is 21.9. The molecule has 2 aliphatic heterocycles. The summed E-state index contributed by atoms with van der Waals surface area (Å²) in [5.74, 6) is -0.647. The Balaban J connectivity index is 1.18. The summed E-state index contributed by atoms with van der Waals surface area (Å²) in [7, 11) is 0. The van der Waals surface area contributed by atoms with Gasteiger partial charge in [0, 0.05) is 56.5 Å². The number of aldehydes is 1. The van der Waals surface area contributed by atoms with Gasteiger partial charge in [0.05, 0.1) is 11.1 Å². The molecular weight excluding hydrogens is 500 g/mol. The molecule has 0 saturated carbocycles. The Morgan fingerprint density at radius 2 is 1.77 bits per heavy atom. The Morgan fingerprint density at radius 1 is 1.05 bits per heavy atom. The average Bonchev–Trinajstić information content (AvgIpc) is 3.20. The van der Waals surface area contributed by atoms with Crippen molar-refractivity contribution in [3.63, 3.8) is 0 Å². The van der Waals surface area contributed by atoms with Gasteiger partial charge in [0.25, 0.3) is 11.8 Å². The number of hydrogen-bond acceptors (Lipinski definition) is 8. The van der Waals surface area contributed by atoms with Gasteiger partial charge in [-0.2, -0.15) is 0 Å². The minimum Gasteiger partial charge on any atom is -0.385 e. The van der Waals surface area contributed by atoms with Crippen molar-refractivity contribution < 1.29 is 24.0 Å². The molecule has 4 amide bonds. The van der Waals surface area contributed by atoms with E-state index in [1.165, 1.54) is 0 Å². The van der Waals surface area contributed by atoms with Crippen LogP contribution >= 0.6 is 0 Å². The van der Waals surface area contributed by atoms with Gasteiger partial charge in [-0.25, -0.2) is 9.97 Å². The van der Waals surface area contributed by atoms with Gasteiger partial charge in [0.1, 0.15) is 18.2 Å². The number of rotatable bonds is 13.